The quantitative estimate of drug-likeness (QED) is 0.667. The van der Waals surface area contributed by atoms with Crippen LogP contribution in [-0.2, 0) is 14.3 Å². The fourth-order valence-corrected chi connectivity index (χ4v) is 8.09. The van der Waals surface area contributed by atoms with Gasteiger partial charge in [-0.25, -0.2) is 0 Å². The standard InChI is InChI=1S/C28H37NO4/c1-26-16-21(18-4-6-19(7-5-18)29(2)3)25-20(22(26)8-9-24(26)30)10-12-27(31)17-28(13-11-23(25)27)32-14-15-33-28/h4-7,20-22,31H,8-17H2,1-3H3/t20?,21-,22+,26-,27-/m1/s1. The van der Waals surface area contributed by atoms with Crippen molar-refractivity contribution in [3.8, 4) is 0 Å². The lowest BCUT2D eigenvalue weighted by molar-refractivity contribution is -0.208. The van der Waals surface area contributed by atoms with Crippen molar-refractivity contribution in [3.05, 3.63) is 41.0 Å². The van der Waals surface area contributed by atoms with Gasteiger partial charge in [-0.1, -0.05) is 24.6 Å². The lowest BCUT2D eigenvalue weighted by Gasteiger charge is -2.55. The Morgan fingerprint density at radius 3 is 2.45 bits per heavy atom. The van der Waals surface area contributed by atoms with Gasteiger partial charge in [-0.05, 0) is 67.2 Å². The first kappa shape index (κ1) is 21.8. The molecule has 0 radical (unpaired) electrons. The van der Waals surface area contributed by atoms with Crippen LogP contribution in [0.2, 0.25) is 0 Å². The van der Waals surface area contributed by atoms with Gasteiger partial charge in [0.15, 0.2) is 5.79 Å². The number of carbonyl (C=O) groups excluding carboxylic acids is 1. The van der Waals surface area contributed by atoms with Crippen molar-refractivity contribution in [1.29, 1.82) is 0 Å². The molecule has 5 aliphatic rings. The summed E-state index contributed by atoms with van der Waals surface area (Å²) in [5, 5.41) is 12.0. The molecule has 0 aromatic heterocycles. The number of nitrogens with zero attached hydrogens (tertiary/aromatic N) is 1. The summed E-state index contributed by atoms with van der Waals surface area (Å²) >= 11 is 0. The Kier molecular flexibility index (Phi) is 4.89. The molecular weight excluding hydrogens is 414 g/mol. The zero-order valence-corrected chi connectivity index (χ0v) is 20.2. The second-order valence-corrected chi connectivity index (χ2v) is 11.6. The number of rotatable bonds is 2. The molecule has 1 saturated heterocycles. The molecule has 1 heterocycles. The van der Waals surface area contributed by atoms with E-state index in [1.54, 1.807) is 0 Å². The smallest absolute Gasteiger partial charge is 0.171 e. The molecule has 5 nitrogen and oxygen atoms in total. The van der Waals surface area contributed by atoms with Crippen LogP contribution in [0.4, 0.5) is 5.69 Å². The molecule has 1 unspecified atom stereocenters. The van der Waals surface area contributed by atoms with E-state index in [0.29, 0.717) is 43.7 Å². The van der Waals surface area contributed by atoms with Gasteiger partial charge >= 0.3 is 0 Å². The summed E-state index contributed by atoms with van der Waals surface area (Å²) in [5.41, 5.74) is 4.05. The average molecular weight is 452 g/mol. The normalized spacial score (nSPS) is 39.4. The molecule has 1 aliphatic heterocycles. The molecule has 5 atom stereocenters. The number of ether oxygens (including phenoxy) is 2. The van der Waals surface area contributed by atoms with E-state index >= 15 is 0 Å². The summed E-state index contributed by atoms with van der Waals surface area (Å²) in [5.74, 6) is 0.826. The summed E-state index contributed by atoms with van der Waals surface area (Å²) in [6.45, 7) is 3.47. The molecule has 4 fully saturated rings. The number of aliphatic hydroxyl groups is 1. The minimum Gasteiger partial charge on any atom is -0.385 e. The summed E-state index contributed by atoms with van der Waals surface area (Å²) in [6.07, 6.45) is 6.45. The van der Waals surface area contributed by atoms with Crippen LogP contribution in [0.25, 0.3) is 0 Å². The van der Waals surface area contributed by atoms with E-state index in [1.165, 1.54) is 22.4 Å². The van der Waals surface area contributed by atoms with E-state index in [-0.39, 0.29) is 11.3 Å². The summed E-state index contributed by atoms with van der Waals surface area (Å²) in [6, 6.07) is 8.86. The molecule has 178 valence electrons. The highest BCUT2D eigenvalue weighted by Gasteiger charge is 2.60. The third kappa shape index (κ3) is 3.19. The van der Waals surface area contributed by atoms with Gasteiger partial charge in [0, 0.05) is 50.4 Å². The van der Waals surface area contributed by atoms with Gasteiger partial charge in [-0.2, -0.15) is 0 Å². The van der Waals surface area contributed by atoms with Crippen molar-refractivity contribution in [3.63, 3.8) is 0 Å². The Morgan fingerprint density at radius 2 is 1.76 bits per heavy atom. The highest BCUT2D eigenvalue weighted by Crippen LogP contribution is 2.64. The fourth-order valence-electron chi connectivity index (χ4n) is 8.09. The van der Waals surface area contributed by atoms with E-state index in [4.69, 9.17) is 9.47 Å². The Balaban J connectivity index is 1.46. The molecule has 6 rings (SSSR count). The molecule has 5 heteroatoms. The lowest BCUT2D eigenvalue weighted by atomic mass is 9.51. The van der Waals surface area contributed by atoms with E-state index in [2.05, 4.69) is 50.2 Å². The second-order valence-electron chi connectivity index (χ2n) is 11.6. The predicted octanol–water partition coefficient (Wildman–Crippen LogP) is 4.59. The SMILES string of the molecule is CN(C)c1ccc([C@H]2C[C@@]3(C)C(=O)CC[C@H]3C3CC[C@@]4(O)CC5(CCC4=C32)OCCO5)cc1. The number of anilines is 1. The molecule has 1 N–H and O–H groups in total. The Hall–Kier alpha value is -1.69. The van der Waals surface area contributed by atoms with Crippen molar-refractivity contribution in [2.24, 2.45) is 17.3 Å². The number of hydrogen-bond donors (Lipinski definition) is 1. The number of fused-ring (bicyclic) bond motifs is 4. The van der Waals surface area contributed by atoms with Crippen molar-refractivity contribution >= 4 is 11.5 Å². The zero-order valence-electron chi connectivity index (χ0n) is 20.2. The number of allylic oxidation sites excluding steroid dienone is 1. The Labute approximate surface area is 197 Å². The maximum absolute atomic E-state index is 13.1. The molecule has 1 aromatic carbocycles. The van der Waals surface area contributed by atoms with E-state index < -0.39 is 11.4 Å². The van der Waals surface area contributed by atoms with Crippen LogP contribution >= 0.6 is 0 Å². The topological polar surface area (TPSA) is 59.0 Å². The molecule has 4 aliphatic carbocycles. The third-order valence-electron chi connectivity index (χ3n) is 9.75. The van der Waals surface area contributed by atoms with Crippen LogP contribution in [0.15, 0.2) is 35.4 Å². The van der Waals surface area contributed by atoms with Crippen LogP contribution < -0.4 is 4.90 Å². The number of hydrogen-bond acceptors (Lipinski definition) is 5. The van der Waals surface area contributed by atoms with Gasteiger partial charge in [0.05, 0.1) is 18.8 Å². The molecular formula is C28H37NO4. The van der Waals surface area contributed by atoms with Gasteiger partial charge in [0.1, 0.15) is 5.78 Å². The maximum atomic E-state index is 13.1. The van der Waals surface area contributed by atoms with Crippen LogP contribution in [0, 0.1) is 17.3 Å². The van der Waals surface area contributed by atoms with Crippen molar-refractivity contribution in [1.82, 2.24) is 0 Å². The number of benzene rings is 1. The minimum absolute atomic E-state index is 0.191. The second kappa shape index (κ2) is 7.40. The van der Waals surface area contributed by atoms with Crippen LogP contribution in [0.5, 0.6) is 0 Å². The Bertz CT molecular complexity index is 992. The molecule has 0 amide bonds. The largest absolute Gasteiger partial charge is 0.385 e. The summed E-state index contributed by atoms with van der Waals surface area (Å²) < 4.78 is 12.0. The van der Waals surface area contributed by atoms with Crippen LogP contribution in [0.1, 0.15) is 69.8 Å². The summed E-state index contributed by atoms with van der Waals surface area (Å²) in [7, 11) is 4.12. The van der Waals surface area contributed by atoms with Gasteiger partial charge in [0.2, 0.25) is 0 Å². The van der Waals surface area contributed by atoms with E-state index in [1.807, 2.05) is 0 Å². The minimum atomic E-state index is -0.855. The maximum Gasteiger partial charge on any atom is 0.171 e. The predicted molar refractivity (Wildman–Crippen MR) is 127 cm³/mol. The first-order valence-electron chi connectivity index (χ1n) is 12.8. The van der Waals surface area contributed by atoms with Gasteiger partial charge < -0.3 is 19.5 Å². The van der Waals surface area contributed by atoms with Crippen molar-refractivity contribution in [2.75, 3.05) is 32.2 Å². The molecule has 1 spiro atoms. The van der Waals surface area contributed by atoms with Crippen LogP contribution in [0.3, 0.4) is 0 Å². The van der Waals surface area contributed by atoms with Crippen LogP contribution in [-0.4, -0.2) is 49.6 Å². The Morgan fingerprint density at radius 1 is 1.03 bits per heavy atom. The zero-order chi connectivity index (χ0) is 23.0. The molecule has 3 saturated carbocycles. The van der Waals surface area contributed by atoms with Gasteiger partial charge in [-0.15, -0.1) is 0 Å². The van der Waals surface area contributed by atoms with E-state index in [0.717, 1.165) is 38.5 Å². The fraction of sp³-hybridized carbons (Fsp3) is 0.679. The van der Waals surface area contributed by atoms with Gasteiger partial charge in [0.25, 0.3) is 0 Å². The highest BCUT2D eigenvalue weighted by atomic mass is 16.7. The van der Waals surface area contributed by atoms with Crippen molar-refractivity contribution in [2.45, 2.75) is 75.6 Å². The molecule has 33 heavy (non-hydrogen) atoms. The number of carbonyl (C=O) groups is 1. The van der Waals surface area contributed by atoms with E-state index in [9.17, 15) is 9.90 Å². The molecule has 1 aromatic rings. The average Bonchev–Trinajstić information content (AvgIpc) is 3.36. The van der Waals surface area contributed by atoms with Gasteiger partial charge in [-0.3, -0.25) is 4.79 Å². The first-order valence-corrected chi connectivity index (χ1v) is 12.8. The monoisotopic (exact) mass is 451 g/mol. The summed E-state index contributed by atoms with van der Waals surface area (Å²) in [4.78, 5) is 15.3. The lowest BCUT2D eigenvalue weighted by Crippen LogP contribution is -2.53. The highest BCUT2D eigenvalue weighted by molar-refractivity contribution is 5.87. The number of ketones is 1. The third-order valence-corrected chi connectivity index (χ3v) is 9.75. The first-order chi connectivity index (χ1) is 15.7. The molecule has 0 bridgehead atoms. The van der Waals surface area contributed by atoms with Crippen molar-refractivity contribution < 1.29 is 19.4 Å². The number of Topliss-reactive ketones (excluding diaryl/α,β-unsaturated/α-hetero) is 1.